The Morgan fingerprint density at radius 3 is 2.67 bits per heavy atom. The van der Waals surface area contributed by atoms with Crippen molar-refractivity contribution in [3.05, 3.63) is 54.9 Å². The van der Waals surface area contributed by atoms with E-state index in [0.717, 1.165) is 16.9 Å². The highest BCUT2D eigenvalue weighted by molar-refractivity contribution is 5.55. The number of rotatable bonds is 1. The number of nitrogens with zero attached hydrogens (tertiary/aromatic N) is 3. The highest BCUT2D eigenvalue weighted by Crippen LogP contribution is 2.13. The number of fused-ring (bicyclic) bond motifs is 1. The van der Waals surface area contributed by atoms with Crippen molar-refractivity contribution in [2.75, 3.05) is 0 Å². The van der Waals surface area contributed by atoms with Gasteiger partial charge in [-0.1, -0.05) is 30.3 Å². The largest absolute Gasteiger partial charge is 0.237 e. The molecule has 0 spiro atoms. The van der Waals surface area contributed by atoms with Gasteiger partial charge in [-0.25, -0.2) is 9.50 Å². The monoisotopic (exact) mass is 195 g/mol. The van der Waals surface area contributed by atoms with E-state index in [4.69, 9.17) is 0 Å². The zero-order valence-corrected chi connectivity index (χ0v) is 8.04. The first-order valence-electron chi connectivity index (χ1n) is 4.79. The van der Waals surface area contributed by atoms with E-state index >= 15 is 0 Å². The molecule has 0 atom stereocenters. The van der Waals surface area contributed by atoms with Gasteiger partial charge in [0.15, 0.2) is 5.82 Å². The molecular weight excluding hydrogens is 186 g/mol. The molecular formula is C12H9N3. The van der Waals surface area contributed by atoms with Crippen LogP contribution in [0, 0.1) is 0 Å². The summed E-state index contributed by atoms with van der Waals surface area (Å²) in [5.74, 6) is 0.749. The van der Waals surface area contributed by atoms with Crippen LogP contribution in [0.3, 0.4) is 0 Å². The maximum absolute atomic E-state index is 4.41. The molecule has 0 saturated heterocycles. The molecule has 3 rings (SSSR count). The zero-order valence-electron chi connectivity index (χ0n) is 8.04. The summed E-state index contributed by atoms with van der Waals surface area (Å²) in [5, 5.41) is 4.41. The van der Waals surface area contributed by atoms with E-state index in [1.165, 1.54) is 0 Å². The van der Waals surface area contributed by atoms with E-state index in [-0.39, 0.29) is 0 Å². The molecule has 0 fully saturated rings. The van der Waals surface area contributed by atoms with Gasteiger partial charge in [0.1, 0.15) is 0 Å². The topological polar surface area (TPSA) is 30.2 Å². The molecule has 15 heavy (non-hydrogen) atoms. The van der Waals surface area contributed by atoms with Crippen molar-refractivity contribution in [3.8, 4) is 11.4 Å². The number of hydrogen-bond acceptors (Lipinski definition) is 2. The van der Waals surface area contributed by atoms with E-state index < -0.39 is 0 Å². The van der Waals surface area contributed by atoms with Crippen LogP contribution < -0.4 is 0 Å². The summed E-state index contributed by atoms with van der Waals surface area (Å²) in [6.07, 6.45) is 3.75. The summed E-state index contributed by atoms with van der Waals surface area (Å²) in [6, 6.07) is 13.9. The van der Waals surface area contributed by atoms with Crippen LogP contribution in [0.2, 0.25) is 0 Å². The minimum Gasteiger partial charge on any atom is -0.237 e. The van der Waals surface area contributed by atoms with Crippen molar-refractivity contribution in [1.82, 2.24) is 14.6 Å². The molecule has 0 bridgehead atoms. The Morgan fingerprint density at radius 1 is 0.933 bits per heavy atom. The van der Waals surface area contributed by atoms with Crippen LogP contribution in [0.4, 0.5) is 0 Å². The Morgan fingerprint density at radius 2 is 1.80 bits per heavy atom. The molecule has 72 valence electrons. The smallest absolute Gasteiger partial charge is 0.180 e. The summed E-state index contributed by atoms with van der Waals surface area (Å²) in [4.78, 5) is 4.32. The second-order valence-electron chi connectivity index (χ2n) is 3.33. The molecule has 0 unspecified atom stereocenters. The fourth-order valence-corrected chi connectivity index (χ4v) is 1.55. The van der Waals surface area contributed by atoms with E-state index in [9.17, 15) is 0 Å². The SMILES string of the molecule is c1ccc(-c2ncc3cccn3n2)cc1. The third-order valence-corrected chi connectivity index (χ3v) is 2.31. The van der Waals surface area contributed by atoms with Gasteiger partial charge in [0.05, 0.1) is 11.7 Å². The highest BCUT2D eigenvalue weighted by atomic mass is 15.2. The molecule has 3 aromatic rings. The first kappa shape index (κ1) is 8.17. The maximum atomic E-state index is 4.41. The molecule has 0 amide bonds. The average molecular weight is 195 g/mol. The standard InChI is InChI=1S/C12H9N3/c1-2-5-10(6-3-1)12-13-9-11-7-4-8-15(11)14-12/h1-9H. The predicted molar refractivity (Wildman–Crippen MR) is 58.4 cm³/mol. The van der Waals surface area contributed by atoms with Crippen molar-refractivity contribution in [2.45, 2.75) is 0 Å². The van der Waals surface area contributed by atoms with E-state index in [2.05, 4.69) is 10.1 Å². The maximum Gasteiger partial charge on any atom is 0.180 e. The minimum atomic E-state index is 0.749. The van der Waals surface area contributed by atoms with Crippen LogP contribution >= 0.6 is 0 Å². The number of benzene rings is 1. The Labute approximate surface area is 87.0 Å². The van der Waals surface area contributed by atoms with Gasteiger partial charge in [-0.05, 0) is 12.1 Å². The summed E-state index contributed by atoms with van der Waals surface area (Å²) >= 11 is 0. The number of hydrogen-bond donors (Lipinski definition) is 0. The molecule has 3 heteroatoms. The van der Waals surface area contributed by atoms with Crippen LogP contribution in [0.15, 0.2) is 54.9 Å². The first-order chi connectivity index (χ1) is 7.43. The zero-order chi connectivity index (χ0) is 10.1. The van der Waals surface area contributed by atoms with Gasteiger partial charge >= 0.3 is 0 Å². The van der Waals surface area contributed by atoms with Crippen LogP contribution in [0.5, 0.6) is 0 Å². The van der Waals surface area contributed by atoms with Crippen molar-refractivity contribution in [2.24, 2.45) is 0 Å². The molecule has 2 heterocycles. The fraction of sp³-hybridized carbons (Fsp3) is 0. The molecule has 0 radical (unpaired) electrons. The lowest BCUT2D eigenvalue weighted by atomic mass is 10.2. The molecule has 0 aliphatic rings. The van der Waals surface area contributed by atoms with Crippen LogP contribution in [0.25, 0.3) is 16.9 Å². The molecule has 2 aromatic heterocycles. The summed E-state index contributed by atoms with van der Waals surface area (Å²) in [7, 11) is 0. The summed E-state index contributed by atoms with van der Waals surface area (Å²) < 4.78 is 1.83. The third kappa shape index (κ3) is 1.38. The van der Waals surface area contributed by atoms with Gasteiger partial charge in [-0.3, -0.25) is 0 Å². The van der Waals surface area contributed by atoms with Crippen molar-refractivity contribution >= 4 is 5.52 Å². The van der Waals surface area contributed by atoms with Crippen molar-refractivity contribution < 1.29 is 0 Å². The molecule has 0 aliphatic heterocycles. The van der Waals surface area contributed by atoms with Gasteiger partial charge in [0, 0.05) is 11.8 Å². The quantitative estimate of drug-likeness (QED) is 0.596. The first-order valence-corrected chi connectivity index (χ1v) is 4.79. The Balaban J connectivity index is 2.19. The summed E-state index contributed by atoms with van der Waals surface area (Å²) in [5.41, 5.74) is 2.04. The lowest BCUT2D eigenvalue weighted by Crippen LogP contribution is -1.95. The van der Waals surface area contributed by atoms with Crippen LogP contribution in [-0.4, -0.2) is 14.6 Å². The second kappa shape index (κ2) is 3.20. The molecule has 0 saturated carbocycles. The van der Waals surface area contributed by atoms with Gasteiger partial charge < -0.3 is 0 Å². The fourth-order valence-electron chi connectivity index (χ4n) is 1.55. The lowest BCUT2D eigenvalue weighted by Gasteiger charge is -1.99. The van der Waals surface area contributed by atoms with Gasteiger partial charge in [0.25, 0.3) is 0 Å². The van der Waals surface area contributed by atoms with Crippen LogP contribution in [0.1, 0.15) is 0 Å². The Kier molecular flexibility index (Phi) is 1.75. The lowest BCUT2D eigenvalue weighted by molar-refractivity contribution is 0.913. The Hall–Kier alpha value is -2.16. The molecule has 0 aliphatic carbocycles. The van der Waals surface area contributed by atoms with Crippen LogP contribution in [-0.2, 0) is 0 Å². The summed E-state index contributed by atoms with van der Waals surface area (Å²) in [6.45, 7) is 0. The molecule has 3 nitrogen and oxygen atoms in total. The van der Waals surface area contributed by atoms with Gasteiger partial charge in [-0.15, -0.1) is 5.10 Å². The highest BCUT2D eigenvalue weighted by Gasteiger charge is 2.00. The van der Waals surface area contributed by atoms with Crippen molar-refractivity contribution in [3.63, 3.8) is 0 Å². The second-order valence-corrected chi connectivity index (χ2v) is 3.33. The van der Waals surface area contributed by atoms with Gasteiger partial charge in [0.2, 0.25) is 0 Å². The molecule has 1 aromatic carbocycles. The van der Waals surface area contributed by atoms with Gasteiger partial charge in [-0.2, -0.15) is 0 Å². The average Bonchev–Trinajstić information content (AvgIpc) is 2.77. The van der Waals surface area contributed by atoms with Crippen molar-refractivity contribution in [1.29, 1.82) is 0 Å². The predicted octanol–water partition coefficient (Wildman–Crippen LogP) is 2.40. The Bertz CT molecular complexity index is 584. The van der Waals surface area contributed by atoms with E-state index in [1.807, 2.05) is 59.4 Å². The normalized spacial score (nSPS) is 10.7. The van der Waals surface area contributed by atoms with E-state index in [1.54, 1.807) is 0 Å². The number of aromatic nitrogens is 3. The minimum absolute atomic E-state index is 0.749. The molecule has 0 N–H and O–H groups in total. The third-order valence-electron chi connectivity index (χ3n) is 2.31. The van der Waals surface area contributed by atoms with E-state index in [0.29, 0.717) is 0 Å².